The van der Waals surface area contributed by atoms with Crippen LogP contribution >= 0.6 is 11.8 Å². The number of rotatable bonds is 3. The van der Waals surface area contributed by atoms with E-state index in [4.69, 9.17) is 0 Å². The van der Waals surface area contributed by atoms with Crippen LogP contribution in [0.5, 0.6) is 0 Å². The molecule has 24 heavy (non-hydrogen) atoms. The first-order valence-electron chi connectivity index (χ1n) is 7.78. The monoisotopic (exact) mass is 370 g/mol. The van der Waals surface area contributed by atoms with Crippen molar-refractivity contribution in [1.29, 1.82) is 0 Å². The Bertz CT molecular complexity index is 775. The van der Waals surface area contributed by atoms with Crippen molar-refractivity contribution in [3.05, 3.63) is 30.1 Å². The highest BCUT2D eigenvalue weighted by atomic mass is 32.2. The number of carbonyl (C=O) groups is 1. The highest BCUT2D eigenvalue weighted by Gasteiger charge is 2.49. The molecule has 0 N–H and O–H groups in total. The molecular formula is C16H19FN2O3S2. The number of hydrogen-bond acceptors (Lipinski definition) is 4. The average molecular weight is 370 g/mol. The van der Waals surface area contributed by atoms with E-state index in [1.54, 1.807) is 17.0 Å². The molecule has 5 nitrogen and oxygen atoms in total. The van der Waals surface area contributed by atoms with Gasteiger partial charge in [-0.2, -0.15) is 4.99 Å². The third-order valence-electron chi connectivity index (χ3n) is 3.97. The summed E-state index contributed by atoms with van der Waals surface area (Å²) in [6.45, 7) is 3.89. The van der Waals surface area contributed by atoms with Crippen LogP contribution in [0.15, 0.2) is 29.3 Å². The zero-order valence-corrected chi connectivity index (χ0v) is 15.1. The molecule has 3 rings (SSSR count). The second-order valence-corrected chi connectivity index (χ2v) is 9.89. The highest BCUT2D eigenvalue weighted by Crippen LogP contribution is 2.41. The molecule has 8 heteroatoms. The van der Waals surface area contributed by atoms with Crippen molar-refractivity contribution in [2.45, 2.75) is 31.6 Å². The third-order valence-corrected chi connectivity index (χ3v) is 7.18. The number of amidine groups is 1. The summed E-state index contributed by atoms with van der Waals surface area (Å²) in [7, 11) is -3.10. The van der Waals surface area contributed by atoms with Crippen LogP contribution in [0, 0.1) is 11.7 Å². The molecule has 2 aliphatic heterocycles. The molecule has 0 spiro atoms. The van der Waals surface area contributed by atoms with E-state index >= 15 is 0 Å². The van der Waals surface area contributed by atoms with Crippen LogP contribution < -0.4 is 4.90 Å². The molecule has 0 radical (unpaired) electrons. The SMILES string of the molecule is CC(C)CC(=O)N=C1S[C@@H]2CS(=O)(=O)C[C@@H]2N1c1ccc(F)cc1. The van der Waals surface area contributed by atoms with Gasteiger partial charge in [0.1, 0.15) is 5.82 Å². The fourth-order valence-electron chi connectivity index (χ4n) is 2.97. The number of halogens is 1. The van der Waals surface area contributed by atoms with Crippen molar-refractivity contribution in [3.63, 3.8) is 0 Å². The molecule has 2 aliphatic rings. The molecule has 1 amide bonds. The van der Waals surface area contributed by atoms with Gasteiger partial charge in [-0.15, -0.1) is 0 Å². The van der Waals surface area contributed by atoms with Gasteiger partial charge >= 0.3 is 0 Å². The Morgan fingerprint density at radius 3 is 2.62 bits per heavy atom. The first-order chi connectivity index (χ1) is 11.2. The number of carbonyl (C=O) groups excluding carboxylic acids is 1. The van der Waals surface area contributed by atoms with E-state index in [2.05, 4.69) is 4.99 Å². The Morgan fingerprint density at radius 1 is 1.33 bits per heavy atom. The fraction of sp³-hybridized carbons (Fsp3) is 0.500. The number of hydrogen-bond donors (Lipinski definition) is 0. The van der Waals surface area contributed by atoms with Crippen LogP contribution in [0.1, 0.15) is 20.3 Å². The van der Waals surface area contributed by atoms with Gasteiger partial charge in [0, 0.05) is 17.4 Å². The smallest absolute Gasteiger partial charge is 0.248 e. The molecule has 0 saturated carbocycles. The number of fused-ring (bicyclic) bond motifs is 1. The summed E-state index contributed by atoms with van der Waals surface area (Å²) in [4.78, 5) is 18.1. The minimum Gasteiger partial charge on any atom is -0.316 e. The maximum Gasteiger partial charge on any atom is 0.248 e. The van der Waals surface area contributed by atoms with Gasteiger partial charge in [0.25, 0.3) is 0 Å². The largest absolute Gasteiger partial charge is 0.316 e. The van der Waals surface area contributed by atoms with Gasteiger partial charge in [-0.3, -0.25) is 4.79 Å². The average Bonchev–Trinajstić information content (AvgIpc) is 2.90. The number of nitrogens with zero attached hydrogens (tertiary/aromatic N) is 2. The summed E-state index contributed by atoms with van der Waals surface area (Å²) in [6, 6.07) is 5.56. The summed E-state index contributed by atoms with van der Waals surface area (Å²) < 4.78 is 37.1. The Balaban J connectivity index is 1.95. The molecule has 2 atom stereocenters. The summed E-state index contributed by atoms with van der Waals surface area (Å²) >= 11 is 1.33. The lowest BCUT2D eigenvalue weighted by atomic mass is 10.1. The van der Waals surface area contributed by atoms with E-state index in [0.29, 0.717) is 17.3 Å². The van der Waals surface area contributed by atoms with Crippen LogP contribution in [0.3, 0.4) is 0 Å². The maximum atomic E-state index is 13.2. The second kappa shape index (κ2) is 6.48. The normalized spacial score (nSPS) is 27.0. The van der Waals surface area contributed by atoms with Crippen LogP contribution in [0.2, 0.25) is 0 Å². The molecule has 2 heterocycles. The molecule has 130 valence electrons. The molecular weight excluding hydrogens is 351 g/mol. The number of amides is 1. The fourth-order valence-corrected chi connectivity index (χ4v) is 6.90. The van der Waals surface area contributed by atoms with Crippen LogP contribution in [-0.2, 0) is 14.6 Å². The van der Waals surface area contributed by atoms with Crippen molar-refractivity contribution >= 4 is 38.4 Å². The highest BCUT2D eigenvalue weighted by molar-refractivity contribution is 8.16. The summed E-state index contributed by atoms with van der Waals surface area (Å²) in [5, 5.41) is 0.364. The van der Waals surface area contributed by atoms with E-state index in [1.807, 2.05) is 13.8 Å². The molecule has 2 saturated heterocycles. The van der Waals surface area contributed by atoms with Gasteiger partial charge < -0.3 is 4.90 Å². The quantitative estimate of drug-likeness (QED) is 0.818. The van der Waals surface area contributed by atoms with Gasteiger partial charge in [0.15, 0.2) is 15.0 Å². The van der Waals surface area contributed by atoms with Crippen LogP contribution in [0.4, 0.5) is 10.1 Å². The molecule has 2 fully saturated rings. The van der Waals surface area contributed by atoms with E-state index in [-0.39, 0.29) is 40.4 Å². The third kappa shape index (κ3) is 3.64. The summed E-state index contributed by atoms with van der Waals surface area (Å²) in [6.07, 6.45) is 0.342. The van der Waals surface area contributed by atoms with Crippen molar-refractivity contribution in [1.82, 2.24) is 0 Å². The molecule has 0 bridgehead atoms. The maximum absolute atomic E-state index is 13.2. The first kappa shape index (κ1) is 17.4. The Morgan fingerprint density at radius 2 is 2.00 bits per heavy atom. The minimum absolute atomic E-state index is 0.0272. The molecule has 1 aromatic rings. The van der Waals surface area contributed by atoms with Crippen molar-refractivity contribution in [3.8, 4) is 0 Å². The summed E-state index contributed by atoms with van der Waals surface area (Å²) in [5.74, 6) is -0.276. The van der Waals surface area contributed by atoms with Crippen molar-refractivity contribution in [2.75, 3.05) is 16.4 Å². The van der Waals surface area contributed by atoms with Crippen molar-refractivity contribution < 1.29 is 17.6 Å². The first-order valence-corrected chi connectivity index (χ1v) is 10.5. The van der Waals surface area contributed by atoms with Crippen LogP contribution in [0.25, 0.3) is 0 Å². The summed E-state index contributed by atoms with van der Waals surface area (Å²) in [5.41, 5.74) is 0.657. The topological polar surface area (TPSA) is 66.8 Å². The van der Waals surface area contributed by atoms with Gasteiger partial charge in [0.05, 0.1) is 17.5 Å². The molecule has 0 aromatic heterocycles. The van der Waals surface area contributed by atoms with Gasteiger partial charge in [-0.05, 0) is 30.2 Å². The Kier molecular flexibility index (Phi) is 4.70. The zero-order chi connectivity index (χ0) is 17.5. The second-order valence-electron chi connectivity index (χ2n) is 6.53. The van der Waals surface area contributed by atoms with Gasteiger partial charge in [-0.1, -0.05) is 25.6 Å². The molecule has 0 aliphatic carbocycles. The zero-order valence-electron chi connectivity index (χ0n) is 13.5. The van der Waals surface area contributed by atoms with E-state index in [1.165, 1.54) is 23.9 Å². The molecule has 0 unspecified atom stereocenters. The molecule has 1 aromatic carbocycles. The number of thioether (sulfide) groups is 1. The Hall–Kier alpha value is -1.41. The number of aliphatic imine (C=N–C) groups is 1. The lowest BCUT2D eigenvalue weighted by molar-refractivity contribution is -0.118. The predicted octanol–water partition coefficient (Wildman–Crippen LogP) is 2.47. The van der Waals surface area contributed by atoms with E-state index < -0.39 is 9.84 Å². The predicted molar refractivity (Wildman–Crippen MR) is 94.6 cm³/mol. The number of sulfone groups is 1. The Labute approximate surface area is 145 Å². The van der Waals surface area contributed by atoms with Crippen molar-refractivity contribution in [2.24, 2.45) is 10.9 Å². The number of benzene rings is 1. The number of anilines is 1. The standard InChI is InChI=1S/C16H19FN2O3S2/c1-10(2)7-15(20)18-16-19(12-5-3-11(17)4-6-12)13-8-24(21,22)9-14(13)23-16/h3-6,10,13-14H,7-9H2,1-2H3/t13-,14+/m0/s1. The van der Waals surface area contributed by atoms with E-state index in [0.717, 1.165) is 0 Å². The van der Waals surface area contributed by atoms with Gasteiger partial charge in [0.2, 0.25) is 5.91 Å². The lowest BCUT2D eigenvalue weighted by Gasteiger charge is -2.24. The van der Waals surface area contributed by atoms with Crippen LogP contribution in [-0.4, -0.2) is 42.3 Å². The van der Waals surface area contributed by atoms with Gasteiger partial charge in [-0.25, -0.2) is 12.8 Å². The minimum atomic E-state index is -3.10. The van der Waals surface area contributed by atoms with E-state index in [9.17, 15) is 17.6 Å². The lowest BCUT2D eigenvalue weighted by Crippen LogP contribution is -2.37.